The van der Waals surface area contributed by atoms with Crippen LogP contribution in [0, 0.1) is 55.0 Å². The van der Waals surface area contributed by atoms with Crippen LogP contribution in [0.2, 0.25) is 0 Å². The van der Waals surface area contributed by atoms with E-state index in [1.807, 2.05) is 0 Å². The fourth-order valence-electron chi connectivity index (χ4n) is 4.49. The minimum Gasteiger partial charge on any atom is -0.237 e. The number of hydrogen-bond donors (Lipinski definition) is 0. The maximum Gasteiger partial charge on any atom is 0.202 e. The molecule has 0 saturated carbocycles. The van der Waals surface area contributed by atoms with Crippen molar-refractivity contribution in [1.29, 1.82) is 0 Å². The van der Waals surface area contributed by atoms with Gasteiger partial charge in [0.25, 0.3) is 0 Å². The summed E-state index contributed by atoms with van der Waals surface area (Å²) in [6, 6.07) is 13.2. The van der Waals surface area contributed by atoms with E-state index in [4.69, 9.17) is 6.57 Å². The zero-order valence-electron chi connectivity index (χ0n) is 17.4. The van der Waals surface area contributed by atoms with Gasteiger partial charge in [-0.3, -0.25) is 0 Å². The standard InChI is InChI=1S/C26H27N/c1-15-9-18(4)24(19(5)10-15)22-13-17(3)14-23(26(22)27-8)25-20(6)11-16(2)12-21(25)7/h9-14H,1-7H3. The van der Waals surface area contributed by atoms with Crippen LogP contribution in [-0.4, -0.2) is 0 Å². The molecule has 0 amide bonds. The van der Waals surface area contributed by atoms with Crippen molar-refractivity contribution in [2.24, 2.45) is 0 Å². The molecule has 1 nitrogen and oxygen atoms in total. The number of hydrogen-bond acceptors (Lipinski definition) is 0. The summed E-state index contributed by atoms with van der Waals surface area (Å²) in [6.07, 6.45) is 0. The lowest BCUT2D eigenvalue weighted by Crippen LogP contribution is -1.95. The van der Waals surface area contributed by atoms with Crippen molar-refractivity contribution in [2.45, 2.75) is 48.5 Å². The van der Waals surface area contributed by atoms with Crippen LogP contribution in [0.4, 0.5) is 5.69 Å². The third-order valence-corrected chi connectivity index (χ3v) is 5.26. The van der Waals surface area contributed by atoms with Crippen molar-refractivity contribution < 1.29 is 0 Å². The molecule has 0 atom stereocenters. The second-order valence-electron chi connectivity index (χ2n) is 7.87. The molecular formula is C26H27N. The largest absolute Gasteiger partial charge is 0.237 e. The molecule has 27 heavy (non-hydrogen) atoms. The Bertz CT molecular complexity index is 969. The van der Waals surface area contributed by atoms with Crippen LogP contribution in [0.5, 0.6) is 0 Å². The molecular weight excluding hydrogens is 326 g/mol. The van der Waals surface area contributed by atoms with E-state index in [9.17, 15) is 0 Å². The van der Waals surface area contributed by atoms with Gasteiger partial charge < -0.3 is 0 Å². The highest BCUT2D eigenvalue weighted by molar-refractivity contribution is 5.95. The van der Waals surface area contributed by atoms with Crippen LogP contribution in [0.3, 0.4) is 0 Å². The minimum absolute atomic E-state index is 0.755. The first kappa shape index (κ1) is 18.9. The lowest BCUT2D eigenvalue weighted by molar-refractivity contribution is 1.31. The van der Waals surface area contributed by atoms with E-state index in [1.54, 1.807) is 0 Å². The first-order valence-corrected chi connectivity index (χ1v) is 9.41. The monoisotopic (exact) mass is 353 g/mol. The molecule has 0 unspecified atom stereocenters. The quantitative estimate of drug-likeness (QED) is 0.415. The summed E-state index contributed by atoms with van der Waals surface area (Å²) in [5.74, 6) is 0. The number of nitrogens with zero attached hydrogens (tertiary/aromatic N) is 1. The van der Waals surface area contributed by atoms with Gasteiger partial charge in [-0.1, -0.05) is 53.1 Å². The molecule has 0 spiro atoms. The molecule has 0 fully saturated rings. The highest BCUT2D eigenvalue weighted by Gasteiger charge is 2.19. The summed E-state index contributed by atoms with van der Waals surface area (Å²) in [7, 11) is 0. The molecule has 0 saturated heterocycles. The maximum atomic E-state index is 7.99. The first-order valence-electron chi connectivity index (χ1n) is 9.41. The lowest BCUT2D eigenvalue weighted by atomic mass is 9.86. The Kier molecular flexibility index (Phi) is 4.94. The minimum atomic E-state index is 0.755. The molecule has 0 aromatic heterocycles. The van der Waals surface area contributed by atoms with E-state index in [0.717, 1.165) is 16.8 Å². The highest BCUT2D eigenvalue weighted by atomic mass is 14.7. The molecule has 3 aromatic rings. The van der Waals surface area contributed by atoms with E-state index in [2.05, 4.69) is 89.7 Å². The normalized spacial score (nSPS) is 10.7. The summed E-state index contributed by atoms with van der Waals surface area (Å²) in [6.45, 7) is 22.9. The van der Waals surface area contributed by atoms with Gasteiger partial charge in [-0.25, -0.2) is 4.85 Å². The molecule has 0 aliphatic carbocycles. The molecule has 0 N–H and O–H groups in total. The van der Waals surface area contributed by atoms with E-state index in [-0.39, 0.29) is 0 Å². The van der Waals surface area contributed by atoms with Gasteiger partial charge >= 0.3 is 0 Å². The zero-order valence-corrected chi connectivity index (χ0v) is 17.4. The van der Waals surface area contributed by atoms with Gasteiger partial charge in [0.1, 0.15) is 0 Å². The fourth-order valence-corrected chi connectivity index (χ4v) is 4.49. The van der Waals surface area contributed by atoms with Crippen molar-refractivity contribution in [3.63, 3.8) is 0 Å². The van der Waals surface area contributed by atoms with Crippen molar-refractivity contribution in [3.8, 4) is 22.3 Å². The SMILES string of the molecule is [C-]#[N+]c1c(-c2c(C)cc(C)cc2C)cc(C)cc1-c1c(C)cc(C)cc1C. The van der Waals surface area contributed by atoms with E-state index >= 15 is 0 Å². The van der Waals surface area contributed by atoms with Gasteiger partial charge in [0, 0.05) is 0 Å². The molecule has 0 aliphatic rings. The smallest absolute Gasteiger partial charge is 0.202 e. The third kappa shape index (κ3) is 3.40. The summed E-state index contributed by atoms with van der Waals surface area (Å²) in [5.41, 5.74) is 13.9. The van der Waals surface area contributed by atoms with Gasteiger partial charge in [-0.2, -0.15) is 0 Å². The fraction of sp³-hybridized carbons (Fsp3) is 0.269. The third-order valence-electron chi connectivity index (χ3n) is 5.26. The van der Waals surface area contributed by atoms with Crippen molar-refractivity contribution in [3.05, 3.63) is 86.8 Å². The molecule has 0 radical (unpaired) electrons. The van der Waals surface area contributed by atoms with Crippen molar-refractivity contribution in [1.82, 2.24) is 0 Å². The van der Waals surface area contributed by atoms with Crippen LogP contribution < -0.4 is 0 Å². The average Bonchev–Trinajstić information content (AvgIpc) is 2.52. The van der Waals surface area contributed by atoms with Gasteiger partial charge in [-0.05, 0) is 93.0 Å². The van der Waals surface area contributed by atoms with E-state index in [1.165, 1.54) is 50.1 Å². The highest BCUT2D eigenvalue weighted by Crippen LogP contribution is 2.44. The predicted molar refractivity (Wildman–Crippen MR) is 117 cm³/mol. The Hall–Kier alpha value is -2.85. The van der Waals surface area contributed by atoms with Crippen molar-refractivity contribution >= 4 is 5.69 Å². The molecule has 3 aromatic carbocycles. The number of aryl methyl sites for hydroxylation is 7. The van der Waals surface area contributed by atoms with Gasteiger partial charge in [0.05, 0.1) is 6.57 Å². The zero-order chi connectivity index (χ0) is 19.9. The van der Waals surface area contributed by atoms with Crippen molar-refractivity contribution in [2.75, 3.05) is 0 Å². The summed E-state index contributed by atoms with van der Waals surface area (Å²) >= 11 is 0. The second-order valence-corrected chi connectivity index (χ2v) is 7.87. The van der Waals surface area contributed by atoms with Crippen LogP contribution in [-0.2, 0) is 0 Å². The maximum absolute atomic E-state index is 7.99. The Labute approximate surface area is 163 Å². The van der Waals surface area contributed by atoms with Crippen LogP contribution in [0.1, 0.15) is 38.9 Å². The van der Waals surface area contributed by atoms with Gasteiger partial charge in [0.2, 0.25) is 5.69 Å². The molecule has 3 rings (SSSR count). The number of benzene rings is 3. The summed E-state index contributed by atoms with van der Waals surface area (Å²) in [4.78, 5) is 4.02. The summed E-state index contributed by atoms with van der Waals surface area (Å²) in [5, 5.41) is 0. The molecule has 136 valence electrons. The van der Waals surface area contributed by atoms with E-state index in [0.29, 0.717) is 0 Å². The Morgan fingerprint density at radius 1 is 0.519 bits per heavy atom. The van der Waals surface area contributed by atoms with Crippen LogP contribution >= 0.6 is 0 Å². The molecule has 0 heterocycles. The van der Waals surface area contributed by atoms with Gasteiger partial charge in [0.15, 0.2) is 0 Å². The number of rotatable bonds is 2. The Morgan fingerprint density at radius 2 is 0.815 bits per heavy atom. The Morgan fingerprint density at radius 3 is 1.11 bits per heavy atom. The topological polar surface area (TPSA) is 4.36 Å². The predicted octanol–water partition coefficient (Wildman–Crippen LogP) is 7.73. The van der Waals surface area contributed by atoms with Crippen LogP contribution in [0.15, 0.2) is 36.4 Å². The van der Waals surface area contributed by atoms with Gasteiger partial charge in [-0.15, -0.1) is 0 Å². The van der Waals surface area contributed by atoms with Crippen LogP contribution in [0.25, 0.3) is 27.1 Å². The second kappa shape index (κ2) is 7.05. The average molecular weight is 354 g/mol. The molecule has 1 heteroatoms. The molecule has 0 aliphatic heterocycles. The first-order chi connectivity index (χ1) is 12.7. The molecule has 0 bridgehead atoms. The summed E-state index contributed by atoms with van der Waals surface area (Å²) < 4.78 is 0. The lowest BCUT2D eigenvalue weighted by Gasteiger charge is -2.19. The van der Waals surface area contributed by atoms with E-state index < -0.39 is 0 Å². The Balaban J connectivity index is 2.41.